The third-order valence-corrected chi connectivity index (χ3v) is 3.43. The molecule has 19 heavy (non-hydrogen) atoms. The number of likely N-dealkylation sites (tertiary alicyclic amines) is 1. The Balaban J connectivity index is 2.47. The van der Waals surface area contributed by atoms with E-state index in [0.29, 0.717) is 0 Å². The number of carbonyl (C=O) groups excluding carboxylic acids is 1. The lowest BCUT2D eigenvalue weighted by Gasteiger charge is -2.37. The maximum Gasteiger partial charge on any atom is 0.309 e. The van der Waals surface area contributed by atoms with Crippen LogP contribution in [0.2, 0.25) is 0 Å². The molecule has 1 aromatic heterocycles. The van der Waals surface area contributed by atoms with E-state index in [-0.39, 0.29) is 12.3 Å². The molecule has 1 fully saturated rings. The Hall–Kier alpha value is -1.85. The summed E-state index contributed by atoms with van der Waals surface area (Å²) in [7, 11) is 1.78. The van der Waals surface area contributed by atoms with Crippen molar-refractivity contribution in [3.63, 3.8) is 0 Å². The van der Waals surface area contributed by atoms with Gasteiger partial charge in [-0.3, -0.25) is 14.3 Å². The van der Waals surface area contributed by atoms with E-state index in [1.165, 1.54) is 0 Å². The summed E-state index contributed by atoms with van der Waals surface area (Å²) in [4.78, 5) is 25.2. The third kappa shape index (κ3) is 2.34. The van der Waals surface area contributed by atoms with Gasteiger partial charge in [-0.1, -0.05) is 0 Å². The summed E-state index contributed by atoms with van der Waals surface area (Å²) >= 11 is 0. The van der Waals surface area contributed by atoms with E-state index in [0.717, 1.165) is 5.56 Å². The molecule has 6 heteroatoms. The fraction of sp³-hybridized carbons (Fsp3) is 0.615. The molecule has 1 aromatic rings. The van der Waals surface area contributed by atoms with Crippen molar-refractivity contribution in [2.45, 2.75) is 38.8 Å². The van der Waals surface area contributed by atoms with Crippen LogP contribution in [-0.4, -0.2) is 37.2 Å². The lowest BCUT2D eigenvalue weighted by atomic mass is 9.93. The minimum atomic E-state index is -0.936. The monoisotopic (exact) mass is 265 g/mol. The van der Waals surface area contributed by atoms with Gasteiger partial charge in [0.1, 0.15) is 0 Å². The zero-order chi connectivity index (χ0) is 14.4. The Morgan fingerprint density at radius 3 is 2.53 bits per heavy atom. The van der Waals surface area contributed by atoms with E-state index >= 15 is 0 Å². The smallest absolute Gasteiger partial charge is 0.309 e. The molecule has 1 N–H and O–H groups in total. The Kier molecular flexibility index (Phi) is 3.12. The second kappa shape index (κ2) is 4.36. The number of aryl methyl sites for hydroxylation is 1. The topological polar surface area (TPSA) is 75.4 Å². The SMILES string of the molecule is Cn1cc([C@H]2[C@@H](C(=O)O)CC(=O)N2C(C)(C)C)cn1. The van der Waals surface area contributed by atoms with E-state index in [1.54, 1.807) is 29.0 Å². The Labute approximate surface area is 112 Å². The molecule has 0 saturated carbocycles. The summed E-state index contributed by atoms with van der Waals surface area (Å²) in [5.74, 6) is -1.77. The van der Waals surface area contributed by atoms with Crippen LogP contribution in [0.15, 0.2) is 12.4 Å². The number of hydrogen-bond donors (Lipinski definition) is 1. The lowest BCUT2D eigenvalue weighted by Crippen LogP contribution is -2.44. The molecule has 2 heterocycles. The van der Waals surface area contributed by atoms with Crippen LogP contribution in [0.1, 0.15) is 38.8 Å². The third-order valence-electron chi connectivity index (χ3n) is 3.43. The maximum absolute atomic E-state index is 12.2. The second-order valence-corrected chi connectivity index (χ2v) is 5.98. The first kappa shape index (κ1) is 13.6. The van der Waals surface area contributed by atoms with Gasteiger partial charge in [-0.15, -0.1) is 0 Å². The van der Waals surface area contributed by atoms with E-state index in [4.69, 9.17) is 0 Å². The summed E-state index contributed by atoms with van der Waals surface area (Å²) in [6, 6.07) is -0.446. The quantitative estimate of drug-likeness (QED) is 0.871. The minimum absolute atomic E-state index is 0.0478. The van der Waals surface area contributed by atoms with Gasteiger partial charge >= 0.3 is 5.97 Å². The van der Waals surface area contributed by atoms with Gasteiger partial charge in [-0.25, -0.2) is 0 Å². The van der Waals surface area contributed by atoms with Crippen molar-refractivity contribution in [2.75, 3.05) is 0 Å². The Morgan fingerprint density at radius 2 is 2.11 bits per heavy atom. The number of carboxylic acids is 1. The minimum Gasteiger partial charge on any atom is -0.481 e. The molecule has 0 aromatic carbocycles. The molecule has 1 amide bonds. The predicted molar refractivity (Wildman–Crippen MR) is 68.3 cm³/mol. The molecule has 0 spiro atoms. The highest BCUT2D eigenvalue weighted by Gasteiger charge is 2.48. The molecular formula is C13H19N3O3. The number of hydrogen-bond acceptors (Lipinski definition) is 3. The van der Waals surface area contributed by atoms with Crippen molar-refractivity contribution < 1.29 is 14.7 Å². The van der Waals surface area contributed by atoms with Gasteiger partial charge in [0, 0.05) is 30.8 Å². The summed E-state index contributed by atoms with van der Waals surface area (Å²) in [5.41, 5.74) is 0.359. The summed E-state index contributed by atoms with van der Waals surface area (Å²) in [6.45, 7) is 5.75. The zero-order valence-electron chi connectivity index (χ0n) is 11.6. The maximum atomic E-state index is 12.2. The van der Waals surface area contributed by atoms with E-state index < -0.39 is 23.5 Å². The van der Waals surface area contributed by atoms with Crippen molar-refractivity contribution in [2.24, 2.45) is 13.0 Å². The fourth-order valence-corrected chi connectivity index (χ4v) is 2.72. The van der Waals surface area contributed by atoms with Crippen LogP contribution < -0.4 is 0 Å². The van der Waals surface area contributed by atoms with E-state index in [1.807, 2.05) is 20.8 Å². The number of carboxylic acid groups (broad SMARTS) is 1. The van der Waals surface area contributed by atoms with Crippen molar-refractivity contribution in [1.29, 1.82) is 0 Å². The van der Waals surface area contributed by atoms with Crippen molar-refractivity contribution in [3.05, 3.63) is 18.0 Å². The van der Waals surface area contributed by atoms with Gasteiger partial charge in [-0.2, -0.15) is 5.10 Å². The molecule has 104 valence electrons. The molecule has 1 aliphatic heterocycles. The molecule has 2 rings (SSSR count). The predicted octanol–water partition coefficient (Wildman–Crippen LogP) is 1.19. The Morgan fingerprint density at radius 1 is 1.47 bits per heavy atom. The number of aromatic nitrogens is 2. The number of aliphatic carboxylic acids is 1. The van der Waals surface area contributed by atoms with Crippen LogP contribution in [-0.2, 0) is 16.6 Å². The van der Waals surface area contributed by atoms with Crippen molar-refractivity contribution >= 4 is 11.9 Å². The van der Waals surface area contributed by atoms with Crippen LogP contribution in [0.4, 0.5) is 0 Å². The molecule has 0 aliphatic carbocycles. The first-order chi connectivity index (χ1) is 8.71. The number of amides is 1. The van der Waals surface area contributed by atoms with Gasteiger partial charge < -0.3 is 10.0 Å². The first-order valence-electron chi connectivity index (χ1n) is 6.25. The van der Waals surface area contributed by atoms with E-state index in [2.05, 4.69) is 5.10 Å². The van der Waals surface area contributed by atoms with E-state index in [9.17, 15) is 14.7 Å². The number of carbonyl (C=O) groups is 2. The number of rotatable bonds is 2. The molecule has 6 nitrogen and oxygen atoms in total. The fourth-order valence-electron chi connectivity index (χ4n) is 2.72. The Bertz CT molecular complexity index is 515. The van der Waals surface area contributed by atoms with Gasteiger partial charge in [0.05, 0.1) is 18.2 Å². The van der Waals surface area contributed by atoms with Crippen LogP contribution in [0, 0.1) is 5.92 Å². The molecule has 1 aliphatic rings. The number of nitrogens with zero attached hydrogens (tertiary/aromatic N) is 3. The molecule has 2 atom stereocenters. The van der Waals surface area contributed by atoms with Crippen molar-refractivity contribution in [1.82, 2.24) is 14.7 Å². The van der Waals surface area contributed by atoms with Crippen molar-refractivity contribution in [3.8, 4) is 0 Å². The van der Waals surface area contributed by atoms with Crippen LogP contribution in [0.25, 0.3) is 0 Å². The standard InChI is InChI=1S/C13H19N3O3/c1-13(2,3)16-10(17)5-9(12(18)19)11(16)8-6-14-15(4)7-8/h6-7,9,11H,5H2,1-4H3,(H,18,19)/t9-,11-/m0/s1. The average Bonchev–Trinajstić information content (AvgIpc) is 2.80. The van der Waals surface area contributed by atoms with Gasteiger partial charge in [0.2, 0.25) is 5.91 Å². The molecule has 1 saturated heterocycles. The average molecular weight is 265 g/mol. The van der Waals surface area contributed by atoms with Gasteiger partial charge in [0.15, 0.2) is 0 Å². The highest BCUT2D eigenvalue weighted by molar-refractivity contribution is 5.87. The van der Waals surface area contributed by atoms with Crippen LogP contribution in [0.5, 0.6) is 0 Å². The molecule has 0 unspecified atom stereocenters. The van der Waals surface area contributed by atoms with Gasteiger partial charge in [-0.05, 0) is 20.8 Å². The molecule has 0 bridgehead atoms. The summed E-state index contributed by atoms with van der Waals surface area (Å²) < 4.78 is 1.62. The van der Waals surface area contributed by atoms with Gasteiger partial charge in [0.25, 0.3) is 0 Å². The lowest BCUT2D eigenvalue weighted by molar-refractivity contribution is -0.142. The zero-order valence-corrected chi connectivity index (χ0v) is 11.6. The molecule has 0 radical (unpaired) electrons. The highest BCUT2D eigenvalue weighted by Crippen LogP contribution is 2.42. The summed E-state index contributed by atoms with van der Waals surface area (Å²) in [5, 5.41) is 13.4. The summed E-state index contributed by atoms with van der Waals surface area (Å²) in [6.07, 6.45) is 3.46. The normalized spacial score (nSPS) is 24.0. The highest BCUT2D eigenvalue weighted by atomic mass is 16.4. The second-order valence-electron chi connectivity index (χ2n) is 5.98. The largest absolute Gasteiger partial charge is 0.481 e. The van der Waals surface area contributed by atoms with Crippen LogP contribution >= 0.6 is 0 Å². The van der Waals surface area contributed by atoms with Crippen LogP contribution in [0.3, 0.4) is 0 Å². The first-order valence-corrected chi connectivity index (χ1v) is 6.25. The molecular weight excluding hydrogens is 246 g/mol.